The van der Waals surface area contributed by atoms with Crippen LogP contribution in [-0.4, -0.2) is 18.5 Å². The van der Waals surface area contributed by atoms with Crippen LogP contribution < -0.4 is 4.74 Å². The molecule has 1 aliphatic rings. The number of hydrogen-bond acceptors (Lipinski definition) is 3. The lowest BCUT2D eigenvalue weighted by Crippen LogP contribution is -2.08. The van der Waals surface area contributed by atoms with Gasteiger partial charge in [-0.3, -0.25) is 0 Å². The van der Waals surface area contributed by atoms with E-state index in [2.05, 4.69) is 0 Å². The van der Waals surface area contributed by atoms with E-state index in [9.17, 15) is 9.90 Å². The van der Waals surface area contributed by atoms with E-state index in [1.807, 2.05) is 0 Å². The quantitative estimate of drug-likeness (QED) is 0.805. The van der Waals surface area contributed by atoms with Crippen molar-refractivity contribution in [3.63, 3.8) is 0 Å². The number of carbonyl (C=O) groups is 1. The summed E-state index contributed by atoms with van der Waals surface area (Å²) in [6.45, 7) is 0. The van der Waals surface area contributed by atoms with Crippen molar-refractivity contribution >= 4 is 17.9 Å². The maximum Gasteiger partial charge on any atom is 0.162 e. The van der Waals surface area contributed by atoms with E-state index < -0.39 is 5.41 Å². The molecule has 2 rings (SSSR count). The van der Waals surface area contributed by atoms with Gasteiger partial charge in [-0.1, -0.05) is 11.6 Å². The maximum absolute atomic E-state index is 11.0. The van der Waals surface area contributed by atoms with Crippen molar-refractivity contribution in [2.24, 2.45) is 0 Å². The Balaban J connectivity index is 2.56. The molecule has 80 valence electrons. The summed E-state index contributed by atoms with van der Waals surface area (Å²) in [7, 11) is 1.45. The predicted molar refractivity (Wildman–Crippen MR) is 56.6 cm³/mol. The molecule has 0 saturated heterocycles. The molecule has 1 N–H and O–H groups in total. The van der Waals surface area contributed by atoms with E-state index in [0.29, 0.717) is 16.3 Å². The summed E-state index contributed by atoms with van der Waals surface area (Å²) in [6, 6.07) is 3.15. The molecule has 0 bridgehead atoms. The number of aromatic hydroxyl groups is 1. The Morgan fingerprint density at radius 3 is 2.67 bits per heavy atom. The normalized spacial score (nSPS) is 17.2. The summed E-state index contributed by atoms with van der Waals surface area (Å²) in [5, 5.41) is 10.3. The Morgan fingerprint density at radius 1 is 1.53 bits per heavy atom. The van der Waals surface area contributed by atoms with Crippen LogP contribution in [0.3, 0.4) is 0 Å². The highest BCUT2D eigenvalue weighted by Gasteiger charge is 2.46. The highest BCUT2D eigenvalue weighted by molar-refractivity contribution is 6.30. The van der Waals surface area contributed by atoms with Gasteiger partial charge in [0.05, 0.1) is 12.5 Å². The Labute approximate surface area is 92.6 Å². The van der Waals surface area contributed by atoms with Gasteiger partial charge in [-0.05, 0) is 18.9 Å². The van der Waals surface area contributed by atoms with Gasteiger partial charge in [0.1, 0.15) is 6.29 Å². The number of hydrogen-bond donors (Lipinski definition) is 1. The van der Waals surface area contributed by atoms with E-state index in [4.69, 9.17) is 16.3 Å². The van der Waals surface area contributed by atoms with Crippen LogP contribution in [0.1, 0.15) is 18.4 Å². The number of rotatable bonds is 3. The second-order valence-electron chi connectivity index (χ2n) is 3.78. The van der Waals surface area contributed by atoms with Crippen LogP contribution in [0.5, 0.6) is 11.5 Å². The second kappa shape index (κ2) is 3.42. The van der Waals surface area contributed by atoms with E-state index >= 15 is 0 Å². The zero-order valence-electron chi connectivity index (χ0n) is 8.29. The van der Waals surface area contributed by atoms with Crippen molar-refractivity contribution in [3.05, 3.63) is 22.7 Å². The molecular weight excluding hydrogens is 216 g/mol. The summed E-state index contributed by atoms with van der Waals surface area (Å²) in [6.07, 6.45) is 2.39. The molecule has 1 aromatic rings. The molecule has 1 aromatic carbocycles. The van der Waals surface area contributed by atoms with E-state index in [0.717, 1.165) is 19.1 Å². The molecule has 1 aliphatic carbocycles. The number of carbonyl (C=O) groups excluding carboxylic acids is 1. The highest BCUT2D eigenvalue weighted by atomic mass is 35.5. The molecular formula is C11H11ClO3. The topological polar surface area (TPSA) is 46.5 Å². The standard InChI is InChI=1S/C11H11ClO3/c1-15-9-5-7(12)4-8(10(9)14)11(6-13)2-3-11/h4-6,14H,2-3H2,1H3. The number of phenols is 1. The molecule has 0 atom stereocenters. The van der Waals surface area contributed by atoms with Gasteiger partial charge >= 0.3 is 0 Å². The zero-order valence-corrected chi connectivity index (χ0v) is 9.04. The van der Waals surface area contributed by atoms with Gasteiger partial charge in [0.2, 0.25) is 0 Å². The maximum atomic E-state index is 11.0. The first-order valence-electron chi connectivity index (χ1n) is 4.66. The van der Waals surface area contributed by atoms with E-state index in [1.54, 1.807) is 6.07 Å². The molecule has 0 unspecified atom stereocenters. The SMILES string of the molecule is COc1cc(Cl)cc(C2(C=O)CC2)c1O. The van der Waals surface area contributed by atoms with Crippen LogP contribution in [0.2, 0.25) is 5.02 Å². The summed E-state index contributed by atoms with van der Waals surface area (Å²) >= 11 is 5.88. The van der Waals surface area contributed by atoms with Crippen molar-refractivity contribution in [1.82, 2.24) is 0 Å². The van der Waals surface area contributed by atoms with Gasteiger partial charge in [-0.25, -0.2) is 0 Å². The first kappa shape index (κ1) is 10.3. The summed E-state index contributed by atoms with van der Waals surface area (Å²) in [5.74, 6) is 0.331. The molecule has 0 radical (unpaired) electrons. The molecule has 15 heavy (non-hydrogen) atoms. The number of methoxy groups -OCH3 is 1. The smallest absolute Gasteiger partial charge is 0.162 e. The van der Waals surface area contributed by atoms with Gasteiger partial charge in [0.15, 0.2) is 11.5 Å². The minimum atomic E-state index is -0.539. The number of benzene rings is 1. The van der Waals surface area contributed by atoms with Crippen LogP contribution in [0.4, 0.5) is 0 Å². The third-order valence-corrected chi connectivity index (χ3v) is 3.03. The minimum absolute atomic E-state index is 0.0199. The van der Waals surface area contributed by atoms with Gasteiger partial charge in [0, 0.05) is 16.7 Å². The average molecular weight is 227 g/mol. The number of phenolic OH excluding ortho intramolecular Hbond substituents is 1. The number of ether oxygens (including phenoxy) is 1. The first-order valence-corrected chi connectivity index (χ1v) is 5.04. The monoisotopic (exact) mass is 226 g/mol. The van der Waals surface area contributed by atoms with Gasteiger partial charge < -0.3 is 14.6 Å². The summed E-state index contributed by atoms with van der Waals surface area (Å²) in [5.41, 5.74) is 0.0317. The molecule has 4 heteroatoms. The molecule has 0 aliphatic heterocycles. The number of aldehydes is 1. The zero-order chi connectivity index (χ0) is 11.1. The Hall–Kier alpha value is -1.22. The van der Waals surface area contributed by atoms with Gasteiger partial charge in [0.25, 0.3) is 0 Å². The van der Waals surface area contributed by atoms with Crippen molar-refractivity contribution in [3.8, 4) is 11.5 Å². The molecule has 1 fully saturated rings. The second-order valence-corrected chi connectivity index (χ2v) is 4.21. The Morgan fingerprint density at radius 2 is 2.20 bits per heavy atom. The number of halogens is 1. The van der Waals surface area contributed by atoms with Crippen LogP contribution in [0, 0.1) is 0 Å². The molecule has 0 spiro atoms. The fourth-order valence-electron chi connectivity index (χ4n) is 1.69. The molecule has 1 saturated carbocycles. The van der Waals surface area contributed by atoms with Gasteiger partial charge in [-0.15, -0.1) is 0 Å². The van der Waals surface area contributed by atoms with Crippen LogP contribution in [0.25, 0.3) is 0 Å². The van der Waals surface area contributed by atoms with Crippen LogP contribution in [0.15, 0.2) is 12.1 Å². The Bertz CT molecular complexity index is 411. The predicted octanol–water partition coefficient (Wildman–Crippen LogP) is 2.28. The van der Waals surface area contributed by atoms with Crippen molar-refractivity contribution in [1.29, 1.82) is 0 Å². The lowest BCUT2D eigenvalue weighted by atomic mass is 9.96. The molecule has 0 amide bonds. The fourth-order valence-corrected chi connectivity index (χ4v) is 1.90. The lowest BCUT2D eigenvalue weighted by molar-refractivity contribution is -0.109. The average Bonchev–Trinajstić information content (AvgIpc) is 3.01. The lowest BCUT2D eigenvalue weighted by Gasteiger charge is -2.13. The highest BCUT2D eigenvalue weighted by Crippen LogP contribution is 2.52. The largest absolute Gasteiger partial charge is 0.504 e. The summed E-state index contributed by atoms with van der Waals surface area (Å²) < 4.78 is 4.98. The molecule has 0 aromatic heterocycles. The summed E-state index contributed by atoms with van der Waals surface area (Å²) in [4.78, 5) is 11.0. The van der Waals surface area contributed by atoms with Crippen LogP contribution >= 0.6 is 11.6 Å². The molecule has 3 nitrogen and oxygen atoms in total. The first-order chi connectivity index (χ1) is 7.13. The van der Waals surface area contributed by atoms with Crippen molar-refractivity contribution < 1.29 is 14.6 Å². The van der Waals surface area contributed by atoms with E-state index in [1.165, 1.54) is 13.2 Å². The van der Waals surface area contributed by atoms with Crippen LogP contribution in [-0.2, 0) is 10.2 Å². The third kappa shape index (κ3) is 1.57. The minimum Gasteiger partial charge on any atom is -0.504 e. The van der Waals surface area contributed by atoms with Crippen molar-refractivity contribution in [2.75, 3.05) is 7.11 Å². The van der Waals surface area contributed by atoms with Gasteiger partial charge in [-0.2, -0.15) is 0 Å². The van der Waals surface area contributed by atoms with E-state index in [-0.39, 0.29) is 5.75 Å². The third-order valence-electron chi connectivity index (χ3n) is 2.81. The fraction of sp³-hybridized carbons (Fsp3) is 0.364. The van der Waals surface area contributed by atoms with Crippen molar-refractivity contribution in [2.45, 2.75) is 18.3 Å². The Kier molecular flexibility index (Phi) is 2.35. The molecule has 0 heterocycles.